The molecule has 0 saturated heterocycles. The Balaban J connectivity index is 1.52. The third-order valence-electron chi connectivity index (χ3n) is 5.32. The van der Waals surface area contributed by atoms with Crippen molar-refractivity contribution < 1.29 is 19.1 Å². The van der Waals surface area contributed by atoms with Crippen molar-refractivity contribution in [1.82, 2.24) is 4.57 Å². The minimum Gasteiger partial charge on any atom is -0.496 e. The average Bonchev–Trinajstić information content (AvgIpc) is 3.49. The minimum atomic E-state index is -0.563. The van der Waals surface area contributed by atoms with E-state index in [0.717, 1.165) is 35.0 Å². The van der Waals surface area contributed by atoms with Gasteiger partial charge < -0.3 is 14.0 Å². The number of rotatable bonds is 6. The van der Waals surface area contributed by atoms with E-state index in [1.807, 2.05) is 44.2 Å². The van der Waals surface area contributed by atoms with Gasteiger partial charge in [-0.2, -0.15) is 0 Å². The van der Waals surface area contributed by atoms with Crippen LogP contribution in [-0.2, 0) is 4.74 Å². The molecular weight excluding hydrogens is 354 g/mol. The molecule has 0 atom stereocenters. The van der Waals surface area contributed by atoms with Crippen LogP contribution in [0.1, 0.15) is 51.0 Å². The Kier molecular flexibility index (Phi) is 4.67. The second-order valence-electron chi connectivity index (χ2n) is 7.28. The highest BCUT2D eigenvalue weighted by Crippen LogP contribution is 2.38. The molecule has 5 heteroatoms. The number of carbonyl (C=O) groups is 2. The first-order chi connectivity index (χ1) is 13.5. The van der Waals surface area contributed by atoms with Gasteiger partial charge >= 0.3 is 5.97 Å². The number of benzene rings is 2. The van der Waals surface area contributed by atoms with Gasteiger partial charge in [-0.05, 0) is 55.7 Å². The normalized spacial score (nSPS) is 13.5. The predicted octanol–water partition coefficient (Wildman–Crippen LogP) is 4.64. The summed E-state index contributed by atoms with van der Waals surface area (Å²) in [5.41, 5.74) is 2.97. The van der Waals surface area contributed by atoms with Crippen molar-refractivity contribution in [2.24, 2.45) is 0 Å². The molecule has 144 valence electrons. The van der Waals surface area contributed by atoms with Crippen LogP contribution in [0, 0.1) is 13.8 Å². The van der Waals surface area contributed by atoms with Crippen LogP contribution in [0.15, 0.2) is 42.5 Å². The number of Topliss-reactive ketones (excluding diaryl/α,β-unsaturated/α-hetero) is 1. The zero-order chi connectivity index (χ0) is 19.8. The SMILES string of the molecule is COc1cc2ccccc2cc1C(=O)OCC(=O)c1cc(C)n(C2CC2)c1C. The van der Waals surface area contributed by atoms with Gasteiger partial charge in [0.2, 0.25) is 5.78 Å². The second kappa shape index (κ2) is 7.15. The molecule has 0 spiro atoms. The Morgan fingerprint density at radius 1 is 1.04 bits per heavy atom. The number of ether oxygens (including phenoxy) is 2. The number of fused-ring (bicyclic) bond motifs is 1. The van der Waals surface area contributed by atoms with Gasteiger partial charge in [-0.25, -0.2) is 4.79 Å². The summed E-state index contributed by atoms with van der Waals surface area (Å²) in [6.07, 6.45) is 2.31. The number of hydrogen-bond donors (Lipinski definition) is 0. The summed E-state index contributed by atoms with van der Waals surface area (Å²) in [4.78, 5) is 25.3. The lowest BCUT2D eigenvalue weighted by Gasteiger charge is -2.11. The lowest BCUT2D eigenvalue weighted by atomic mass is 10.1. The summed E-state index contributed by atoms with van der Waals surface area (Å²) in [7, 11) is 1.51. The highest BCUT2D eigenvalue weighted by atomic mass is 16.5. The summed E-state index contributed by atoms with van der Waals surface area (Å²) in [5.74, 6) is -0.317. The summed E-state index contributed by atoms with van der Waals surface area (Å²) < 4.78 is 12.9. The number of methoxy groups -OCH3 is 1. The molecule has 1 heterocycles. The minimum absolute atomic E-state index is 0.187. The fourth-order valence-electron chi connectivity index (χ4n) is 3.79. The van der Waals surface area contributed by atoms with E-state index in [2.05, 4.69) is 4.57 Å². The molecule has 0 bridgehead atoms. The van der Waals surface area contributed by atoms with E-state index in [-0.39, 0.29) is 12.4 Å². The zero-order valence-corrected chi connectivity index (χ0v) is 16.3. The molecule has 1 fully saturated rings. The Labute approximate surface area is 163 Å². The van der Waals surface area contributed by atoms with Gasteiger partial charge in [-0.15, -0.1) is 0 Å². The van der Waals surface area contributed by atoms with Crippen molar-refractivity contribution in [3.8, 4) is 5.75 Å². The van der Waals surface area contributed by atoms with Crippen molar-refractivity contribution in [1.29, 1.82) is 0 Å². The van der Waals surface area contributed by atoms with Crippen molar-refractivity contribution in [2.75, 3.05) is 13.7 Å². The van der Waals surface area contributed by atoms with Crippen LogP contribution in [0.4, 0.5) is 0 Å². The quantitative estimate of drug-likeness (QED) is 0.464. The molecule has 0 amide bonds. The van der Waals surface area contributed by atoms with E-state index in [9.17, 15) is 9.59 Å². The molecule has 0 N–H and O–H groups in total. The first-order valence-electron chi connectivity index (χ1n) is 9.45. The van der Waals surface area contributed by atoms with Gasteiger partial charge in [0.1, 0.15) is 11.3 Å². The van der Waals surface area contributed by atoms with Gasteiger partial charge in [0, 0.05) is 23.0 Å². The van der Waals surface area contributed by atoms with Crippen molar-refractivity contribution in [3.05, 3.63) is 65.0 Å². The molecule has 0 radical (unpaired) electrons. The molecule has 28 heavy (non-hydrogen) atoms. The Bertz CT molecular complexity index is 1080. The number of hydrogen-bond acceptors (Lipinski definition) is 4. The molecule has 0 aliphatic heterocycles. The first kappa shape index (κ1) is 18.3. The summed E-state index contributed by atoms with van der Waals surface area (Å²) in [6.45, 7) is 3.67. The third kappa shape index (κ3) is 3.28. The maximum Gasteiger partial charge on any atom is 0.342 e. The fourth-order valence-corrected chi connectivity index (χ4v) is 3.79. The standard InChI is InChI=1S/C23H23NO4/c1-14-10-19(15(2)24(14)18-8-9-18)21(25)13-28-23(26)20-11-16-6-4-5-7-17(16)12-22(20)27-3/h4-7,10-12,18H,8-9,13H2,1-3H3. The number of aryl methyl sites for hydroxylation is 1. The number of carbonyl (C=O) groups excluding carboxylic acids is 2. The van der Waals surface area contributed by atoms with Crippen LogP contribution in [0.5, 0.6) is 5.75 Å². The maximum atomic E-state index is 12.7. The van der Waals surface area contributed by atoms with Crippen LogP contribution in [0.2, 0.25) is 0 Å². The predicted molar refractivity (Wildman–Crippen MR) is 107 cm³/mol. The van der Waals surface area contributed by atoms with Crippen molar-refractivity contribution in [3.63, 3.8) is 0 Å². The van der Waals surface area contributed by atoms with Crippen LogP contribution in [-0.4, -0.2) is 30.0 Å². The molecule has 0 unspecified atom stereocenters. The van der Waals surface area contributed by atoms with Crippen LogP contribution in [0.25, 0.3) is 10.8 Å². The second-order valence-corrected chi connectivity index (χ2v) is 7.28. The van der Waals surface area contributed by atoms with Gasteiger partial charge in [0.05, 0.1) is 7.11 Å². The van der Waals surface area contributed by atoms with Gasteiger partial charge in [-0.1, -0.05) is 24.3 Å². The van der Waals surface area contributed by atoms with Gasteiger partial charge in [0.25, 0.3) is 0 Å². The van der Waals surface area contributed by atoms with E-state index in [0.29, 0.717) is 22.9 Å². The number of ketones is 1. The molecular formula is C23H23NO4. The number of nitrogens with zero attached hydrogens (tertiary/aromatic N) is 1. The van der Waals surface area contributed by atoms with E-state index >= 15 is 0 Å². The largest absolute Gasteiger partial charge is 0.496 e. The fraction of sp³-hybridized carbons (Fsp3) is 0.304. The molecule has 1 saturated carbocycles. The lowest BCUT2D eigenvalue weighted by molar-refractivity contribution is 0.0471. The van der Waals surface area contributed by atoms with Crippen LogP contribution < -0.4 is 4.74 Å². The molecule has 1 aromatic heterocycles. The number of esters is 1. The van der Waals surface area contributed by atoms with E-state index in [1.165, 1.54) is 7.11 Å². The van der Waals surface area contributed by atoms with Gasteiger partial charge in [0.15, 0.2) is 6.61 Å². The third-order valence-corrected chi connectivity index (χ3v) is 5.32. The monoisotopic (exact) mass is 377 g/mol. The first-order valence-corrected chi connectivity index (χ1v) is 9.45. The van der Waals surface area contributed by atoms with Crippen molar-refractivity contribution >= 4 is 22.5 Å². The lowest BCUT2D eigenvalue weighted by Crippen LogP contribution is -2.15. The zero-order valence-electron chi connectivity index (χ0n) is 16.3. The smallest absolute Gasteiger partial charge is 0.342 e. The molecule has 3 aromatic rings. The van der Waals surface area contributed by atoms with Crippen LogP contribution in [0.3, 0.4) is 0 Å². The average molecular weight is 377 g/mol. The maximum absolute atomic E-state index is 12.7. The summed E-state index contributed by atoms with van der Waals surface area (Å²) in [6, 6.07) is 13.6. The summed E-state index contributed by atoms with van der Waals surface area (Å²) in [5, 5.41) is 1.88. The highest BCUT2D eigenvalue weighted by Gasteiger charge is 2.28. The molecule has 1 aliphatic rings. The number of aromatic nitrogens is 1. The summed E-state index contributed by atoms with van der Waals surface area (Å²) >= 11 is 0. The molecule has 5 nitrogen and oxygen atoms in total. The topological polar surface area (TPSA) is 57.5 Å². The Hall–Kier alpha value is -3.08. The Morgan fingerprint density at radius 3 is 2.36 bits per heavy atom. The molecule has 4 rings (SSSR count). The van der Waals surface area contributed by atoms with Crippen molar-refractivity contribution in [2.45, 2.75) is 32.7 Å². The van der Waals surface area contributed by atoms with E-state index < -0.39 is 5.97 Å². The van der Waals surface area contributed by atoms with Crippen LogP contribution >= 0.6 is 0 Å². The Morgan fingerprint density at radius 2 is 1.71 bits per heavy atom. The molecule has 2 aromatic carbocycles. The highest BCUT2D eigenvalue weighted by molar-refractivity contribution is 6.02. The van der Waals surface area contributed by atoms with E-state index in [1.54, 1.807) is 12.1 Å². The molecule has 1 aliphatic carbocycles. The van der Waals surface area contributed by atoms with E-state index in [4.69, 9.17) is 9.47 Å². The van der Waals surface area contributed by atoms with Gasteiger partial charge in [-0.3, -0.25) is 4.79 Å².